The number of hydrogen-bond donors (Lipinski definition) is 2. The first kappa shape index (κ1) is 13.6. The average molecular weight is 235 g/mol. The second-order valence-electron chi connectivity index (χ2n) is 2.51. The fourth-order valence-electron chi connectivity index (χ4n) is 0.641. The summed E-state index contributed by atoms with van der Waals surface area (Å²) in [5.41, 5.74) is 0. The van der Waals surface area contributed by atoms with E-state index in [4.69, 9.17) is 5.11 Å². The molecule has 2 N–H and O–H groups in total. The predicted molar refractivity (Wildman–Crippen MR) is 36.2 cm³/mol. The van der Waals surface area contributed by atoms with Crippen molar-refractivity contribution >= 4 is 11.9 Å². The summed E-state index contributed by atoms with van der Waals surface area (Å²) < 4.78 is 58.7. The molecule has 0 aliphatic heterocycles. The summed E-state index contributed by atoms with van der Waals surface area (Å²) in [6, 6.07) is -2.35. The Morgan fingerprint density at radius 3 is 2.00 bits per heavy atom. The molecule has 0 radical (unpaired) electrons. The number of nitrogens with one attached hydrogen (secondary N) is 1. The summed E-state index contributed by atoms with van der Waals surface area (Å²) >= 11 is 0. The molecular formula is C6H6F5NO3. The van der Waals surface area contributed by atoms with Crippen LogP contribution in [0.15, 0.2) is 0 Å². The van der Waals surface area contributed by atoms with Crippen LogP contribution in [-0.2, 0) is 9.59 Å². The number of carbonyl (C=O) groups is 2. The summed E-state index contributed by atoms with van der Waals surface area (Å²) in [6.45, 7) is 0. The van der Waals surface area contributed by atoms with Crippen LogP contribution in [0, 0.1) is 0 Å². The molecule has 0 aromatic carbocycles. The van der Waals surface area contributed by atoms with Crippen molar-refractivity contribution in [2.24, 2.45) is 0 Å². The zero-order chi connectivity index (χ0) is 12.2. The van der Waals surface area contributed by atoms with Gasteiger partial charge in [0.1, 0.15) is 6.04 Å². The van der Waals surface area contributed by atoms with E-state index in [-0.39, 0.29) is 0 Å². The predicted octanol–water partition coefficient (Wildman–Crippen LogP) is 0.773. The van der Waals surface area contributed by atoms with Crippen molar-refractivity contribution in [1.82, 2.24) is 5.32 Å². The smallest absolute Gasteiger partial charge is 0.471 e. The van der Waals surface area contributed by atoms with E-state index in [1.807, 2.05) is 0 Å². The first-order valence-electron chi connectivity index (χ1n) is 3.52. The minimum atomic E-state index is -5.31. The fourth-order valence-corrected chi connectivity index (χ4v) is 0.641. The molecule has 0 saturated carbocycles. The van der Waals surface area contributed by atoms with E-state index >= 15 is 0 Å². The highest BCUT2D eigenvalue weighted by atomic mass is 19.4. The molecule has 1 amide bonds. The van der Waals surface area contributed by atoms with E-state index in [9.17, 15) is 31.5 Å². The van der Waals surface area contributed by atoms with E-state index in [1.165, 1.54) is 0 Å². The normalized spacial score (nSPS) is 13.7. The molecule has 15 heavy (non-hydrogen) atoms. The summed E-state index contributed by atoms with van der Waals surface area (Å²) in [7, 11) is 0. The van der Waals surface area contributed by atoms with Crippen molar-refractivity contribution in [3.05, 3.63) is 0 Å². The zero-order valence-electron chi connectivity index (χ0n) is 7.02. The molecule has 0 aliphatic carbocycles. The highest BCUT2D eigenvalue weighted by molar-refractivity contribution is 5.82. The third-order valence-electron chi connectivity index (χ3n) is 1.27. The minimum Gasteiger partial charge on any atom is -0.481 e. The van der Waals surface area contributed by atoms with E-state index < -0.39 is 36.9 Å². The maximum absolute atomic E-state index is 12.0. The van der Waals surface area contributed by atoms with Crippen molar-refractivity contribution in [1.29, 1.82) is 0 Å². The molecular weight excluding hydrogens is 229 g/mol. The lowest BCUT2D eigenvalue weighted by atomic mass is 10.2. The third kappa shape index (κ3) is 5.13. The van der Waals surface area contributed by atoms with Gasteiger partial charge in [0.15, 0.2) is 0 Å². The Hall–Kier alpha value is -1.41. The van der Waals surface area contributed by atoms with E-state index in [2.05, 4.69) is 0 Å². The molecule has 0 aliphatic rings. The van der Waals surface area contributed by atoms with Crippen LogP contribution in [0.5, 0.6) is 0 Å². The van der Waals surface area contributed by atoms with Gasteiger partial charge in [-0.3, -0.25) is 9.59 Å². The van der Waals surface area contributed by atoms with E-state index in [0.717, 1.165) is 5.32 Å². The molecule has 0 aromatic rings. The third-order valence-corrected chi connectivity index (χ3v) is 1.27. The van der Waals surface area contributed by atoms with Crippen LogP contribution in [0.3, 0.4) is 0 Å². The van der Waals surface area contributed by atoms with Gasteiger partial charge in [0.05, 0.1) is 6.42 Å². The van der Waals surface area contributed by atoms with Crippen molar-refractivity contribution in [3.8, 4) is 0 Å². The van der Waals surface area contributed by atoms with Gasteiger partial charge in [-0.25, -0.2) is 8.78 Å². The highest BCUT2D eigenvalue weighted by Crippen LogP contribution is 2.16. The SMILES string of the molecule is O=C(O)CC(NC(=O)C(F)(F)F)C(F)F. The molecule has 0 saturated heterocycles. The summed E-state index contributed by atoms with van der Waals surface area (Å²) in [4.78, 5) is 20.2. The van der Waals surface area contributed by atoms with Gasteiger partial charge >= 0.3 is 18.1 Å². The molecule has 1 atom stereocenters. The number of rotatable bonds is 4. The first-order chi connectivity index (χ1) is 6.64. The molecule has 0 rings (SSSR count). The maximum Gasteiger partial charge on any atom is 0.471 e. The number of amides is 1. The van der Waals surface area contributed by atoms with Gasteiger partial charge < -0.3 is 10.4 Å². The van der Waals surface area contributed by atoms with Crippen molar-refractivity contribution < 1.29 is 36.6 Å². The Morgan fingerprint density at radius 1 is 1.27 bits per heavy atom. The standard InChI is InChI=1S/C6H6F5NO3/c7-4(8)2(1-3(13)14)12-5(15)6(9,10)11/h2,4H,1H2,(H,12,15)(H,13,14). The topological polar surface area (TPSA) is 66.4 Å². The molecule has 0 bridgehead atoms. The van der Waals surface area contributed by atoms with Crippen LogP contribution in [0.4, 0.5) is 22.0 Å². The van der Waals surface area contributed by atoms with Crippen molar-refractivity contribution in [2.45, 2.75) is 25.1 Å². The number of carboxylic acid groups (broad SMARTS) is 1. The van der Waals surface area contributed by atoms with Gasteiger partial charge in [-0.05, 0) is 0 Å². The Balaban J connectivity index is 4.42. The fraction of sp³-hybridized carbons (Fsp3) is 0.667. The summed E-state index contributed by atoms with van der Waals surface area (Å²) in [5, 5.41) is 8.98. The molecule has 0 aromatic heterocycles. The van der Waals surface area contributed by atoms with Crippen LogP contribution in [-0.4, -0.2) is 35.6 Å². The van der Waals surface area contributed by atoms with Crippen LogP contribution < -0.4 is 5.32 Å². The number of hydrogen-bond acceptors (Lipinski definition) is 2. The molecule has 0 spiro atoms. The first-order valence-corrected chi connectivity index (χ1v) is 3.52. The van der Waals surface area contributed by atoms with Gasteiger partial charge in [-0.2, -0.15) is 13.2 Å². The highest BCUT2D eigenvalue weighted by Gasteiger charge is 2.41. The number of carboxylic acids is 1. The lowest BCUT2D eigenvalue weighted by Crippen LogP contribution is -2.47. The second kappa shape index (κ2) is 4.89. The van der Waals surface area contributed by atoms with E-state index in [0.29, 0.717) is 0 Å². The van der Waals surface area contributed by atoms with Gasteiger partial charge in [-0.1, -0.05) is 0 Å². The Labute approximate surface area is 80.1 Å². The lowest BCUT2D eigenvalue weighted by Gasteiger charge is -2.16. The molecule has 9 heteroatoms. The lowest BCUT2D eigenvalue weighted by molar-refractivity contribution is -0.175. The number of alkyl halides is 5. The van der Waals surface area contributed by atoms with Crippen LogP contribution in [0.1, 0.15) is 6.42 Å². The van der Waals surface area contributed by atoms with Gasteiger partial charge in [0.25, 0.3) is 6.43 Å². The number of halogens is 5. The van der Waals surface area contributed by atoms with Crippen LogP contribution in [0.2, 0.25) is 0 Å². The number of carbonyl (C=O) groups excluding carboxylic acids is 1. The van der Waals surface area contributed by atoms with Gasteiger partial charge in [0, 0.05) is 0 Å². The van der Waals surface area contributed by atoms with Crippen LogP contribution in [0.25, 0.3) is 0 Å². The molecule has 0 heterocycles. The Morgan fingerprint density at radius 2 is 1.73 bits per heavy atom. The van der Waals surface area contributed by atoms with Crippen molar-refractivity contribution in [3.63, 3.8) is 0 Å². The summed E-state index contributed by atoms with van der Waals surface area (Å²) in [5.74, 6) is -4.32. The van der Waals surface area contributed by atoms with Gasteiger partial charge in [-0.15, -0.1) is 0 Å². The molecule has 1 unspecified atom stereocenters. The molecule has 4 nitrogen and oxygen atoms in total. The minimum absolute atomic E-state index is 0.893. The van der Waals surface area contributed by atoms with Crippen LogP contribution >= 0.6 is 0 Å². The maximum atomic E-state index is 12.0. The van der Waals surface area contributed by atoms with Crippen molar-refractivity contribution in [2.75, 3.05) is 0 Å². The molecule has 88 valence electrons. The second-order valence-corrected chi connectivity index (χ2v) is 2.51. The Kier molecular flexibility index (Phi) is 4.43. The quantitative estimate of drug-likeness (QED) is 0.707. The summed E-state index contributed by atoms with van der Waals surface area (Å²) in [6.07, 6.45) is -9.97. The van der Waals surface area contributed by atoms with E-state index in [1.54, 1.807) is 0 Å². The van der Waals surface area contributed by atoms with Gasteiger partial charge in [0.2, 0.25) is 0 Å². The Bertz CT molecular complexity index is 252. The average Bonchev–Trinajstić information content (AvgIpc) is 1.99. The monoisotopic (exact) mass is 235 g/mol. The zero-order valence-corrected chi connectivity index (χ0v) is 7.02. The molecule has 0 fully saturated rings. The largest absolute Gasteiger partial charge is 0.481 e. The number of aliphatic carboxylic acids is 1.